The van der Waals surface area contributed by atoms with Crippen molar-refractivity contribution in [1.82, 2.24) is 4.98 Å². The molecule has 1 heterocycles. The maximum atomic E-state index is 6.48. The van der Waals surface area contributed by atoms with Gasteiger partial charge in [0.15, 0.2) is 0 Å². The summed E-state index contributed by atoms with van der Waals surface area (Å²) in [5.74, 6) is 0. The Kier molecular flexibility index (Phi) is 5.19. The summed E-state index contributed by atoms with van der Waals surface area (Å²) >= 11 is 13.0. The largest absolute Gasteiger partial charge is 0.354 e. The summed E-state index contributed by atoms with van der Waals surface area (Å²) < 4.78 is 0. The molecule has 0 saturated heterocycles. The van der Waals surface area contributed by atoms with Crippen LogP contribution in [-0.4, -0.2) is 11.5 Å². The third-order valence-electron chi connectivity index (χ3n) is 4.57. The molecule has 2 aromatic carbocycles. The third-order valence-corrected chi connectivity index (χ3v) is 5.20. The molecule has 0 atom stereocenters. The van der Waals surface area contributed by atoms with Crippen LogP contribution in [0.4, 0.5) is 0 Å². The number of halogens is 2. The molecular weight excluding hydrogens is 339 g/mol. The zero-order chi connectivity index (χ0) is 17.3. The van der Waals surface area contributed by atoms with Crippen LogP contribution in [0.5, 0.6) is 0 Å². The smallest absolute Gasteiger partial charge is 0.0527 e. The van der Waals surface area contributed by atoms with E-state index in [2.05, 4.69) is 31.0 Å². The Hall–Kier alpha value is -1.48. The van der Waals surface area contributed by atoms with Crippen LogP contribution < -0.4 is 5.73 Å². The van der Waals surface area contributed by atoms with Gasteiger partial charge in [-0.25, -0.2) is 0 Å². The molecule has 0 amide bonds. The van der Waals surface area contributed by atoms with Gasteiger partial charge in [-0.1, -0.05) is 41.4 Å². The number of unbranched alkanes of at least 4 members (excludes halogenated alkanes) is 1. The number of aryl methyl sites for hydroxylation is 3. The predicted molar refractivity (Wildman–Crippen MR) is 105 cm³/mol. The average Bonchev–Trinajstić information content (AvgIpc) is 2.92. The van der Waals surface area contributed by atoms with Crippen LogP contribution in [0.2, 0.25) is 10.0 Å². The molecule has 0 bridgehead atoms. The molecular formula is C20H22Cl2N2. The van der Waals surface area contributed by atoms with E-state index in [0.717, 1.165) is 30.5 Å². The van der Waals surface area contributed by atoms with Gasteiger partial charge in [0.2, 0.25) is 0 Å². The van der Waals surface area contributed by atoms with E-state index >= 15 is 0 Å². The Morgan fingerprint density at radius 3 is 2.29 bits per heavy atom. The highest BCUT2D eigenvalue weighted by Crippen LogP contribution is 2.40. The molecule has 3 aromatic rings. The number of hydrogen-bond acceptors (Lipinski definition) is 1. The first-order valence-electron chi connectivity index (χ1n) is 8.29. The summed E-state index contributed by atoms with van der Waals surface area (Å²) in [6.07, 6.45) is 3.01. The van der Waals surface area contributed by atoms with Gasteiger partial charge in [-0.05, 0) is 68.5 Å². The van der Waals surface area contributed by atoms with E-state index in [4.69, 9.17) is 28.9 Å². The van der Waals surface area contributed by atoms with Crippen molar-refractivity contribution in [2.45, 2.75) is 33.1 Å². The first-order chi connectivity index (χ1) is 11.5. The number of aromatic nitrogens is 1. The maximum Gasteiger partial charge on any atom is 0.0527 e. The van der Waals surface area contributed by atoms with E-state index in [0.29, 0.717) is 16.6 Å². The van der Waals surface area contributed by atoms with Gasteiger partial charge in [0.1, 0.15) is 0 Å². The Labute approximate surface area is 153 Å². The lowest BCUT2D eigenvalue weighted by molar-refractivity contribution is 0.748. The molecule has 3 N–H and O–H groups in total. The van der Waals surface area contributed by atoms with Crippen molar-refractivity contribution in [2.75, 3.05) is 6.54 Å². The van der Waals surface area contributed by atoms with Crippen molar-refractivity contribution in [3.8, 4) is 11.3 Å². The van der Waals surface area contributed by atoms with Crippen molar-refractivity contribution in [2.24, 2.45) is 5.73 Å². The van der Waals surface area contributed by atoms with Crippen molar-refractivity contribution in [1.29, 1.82) is 0 Å². The number of aromatic amines is 1. The van der Waals surface area contributed by atoms with Gasteiger partial charge in [0.05, 0.1) is 15.7 Å². The molecule has 0 fully saturated rings. The lowest BCUT2D eigenvalue weighted by atomic mass is 9.97. The molecule has 3 rings (SSSR count). The Balaban J connectivity index is 2.28. The standard InChI is InChI=1S/C20H22Cl2N2/c1-12-9-10-13(2)19-17(12)14(6-3-4-11-23)20(24-19)18-15(21)7-5-8-16(18)22/h5,7-10,24H,3-4,6,11,23H2,1-2H3. The quantitative estimate of drug-likeness (QED) is 0.535. The number of hydrogen-bond donors (Lipinski definition) is 2. The van der Waals surface area contributed by atoms with Gasteiger partial charge < -0.3 is 10.7 Å². The Bertz CT molecular complexity index is 861. The fraction of sp³-hybridized carbons (Fsp3) is 0.300. The van der Waals surface area contributed by atoms with E-state index in [1.54, 1.807) is 0 Å². The minimum absolute atomic E-state index is 0.671. The van der Waals surface area contributed by atoms with Crippen LogP contribution in [0, 0.1) is 13.8 Å². The van der Waals surface area contributed by atoms with Crippen molar-refractivity contribution < 1.29 is 0 Å². The predicted octanol–water partition coefficient (Wildman–Crippen LogP) is 6.04. The van der Waals surface area contributed by atoms with Gasteiger partial charge >= 0.3 is 0 Å². The van der Waals surface area contributed by atoms with Gasteiger partial charge in [0.25, 0.3) is 0 Å². The van der Waals surface area contributed by atoms with Crippen LogP contribution >= 0.6 is 23.2 Å². The summed E-state index contributed by atoms with van der Waals surface area (Å²) in [5, 5.41) is 2.63. The highest BCUT2D eigenvalue weighted by Gasteiger charge is 2.19. The summed E-state index contributed by atoms with van der Waals surface area (Å²) in [4.78, 5) is 3.60. The summed E-state index contributed by atoms with van der Waals surface area (Å²) in [6, 6.07) is 9.97. The van der Waals surface area contributed by atoms with E-state index in [9.17, 15) is 0 Å². The van der Waals surface area contributed by atoms with Gasteiger partial charge in [-0.3, -0.25) is 0 Å². The van der Waals surface area contributed by atoms with E-state index in [1.165, 1.54) is 27.6 Å². The second-order valence-corrected chi connectivity index (χ2v) is 7.08. The zero-order valence-corrected chi connectivity index (χ0v) is 15.6. The fourth-order valence-electron chi connectivity index (χ4n) is 3.33. The van der Waals surface area contributed by atoms with Crippen LogP contribution in [0.3, 0.4) is 0 Å². The topological polar surface area (TPSA) is 41.8 Å². The van der Waals surface area contributed by atoms with E-state index in [1.807, 2.05) is 18.2 Å². The summed E-state index contributed by atoms with van der Waals surface area (Å²) in [5.41, 5.74) is 12.6. The molecule has 0 aliphatic heterocycles. The second-order valence-electron chi connectivity index (χ2n) is 6.27. The van der Waals surface area contributed by atoms with Crippen LogP contribution in [0.15, 0.2) is 30.3 Å². The van der Waals surface area contributed by atoms with Gasteiger partial charge in [-0.15, -0.1) is 0 Å². The fourth-order valence-corrected chi connectivity index (χ4v) is 3.92. The van der Waals surface area contributed by atoms with Crippen LogP contribution in [0.1, 0.15) is 29.5 Å². The molecule has 4 heteroatoms. The molecule has 0 aliphatic carbocycles. The highest BCUT2D eigenvalue weighted by atomic mass is 35.5. The van der Waals surface area contributed by atoms with E-state index in [-0.39, 0.29) is 0 Å². The number of H-pyrrole nitrogens is 1. The Morgan fingerprint density at radius 1 is 0.958 bits per heavy atom. The van der Waals surface area contributed by atoms with E-state index < -0.39 is 0 Å². The molecule has 0 unspecified atom stereocenters. The van der Waals surface area contributed by atoms with Crippen LogP contribution in [0.25, 0.3) is 22.2 Å². The lowest BCUT2D eigenvalue weighted by Gasteiger charge is -2.09. The zero-order valence-electron chi connectivity index (χ0n) is 14.0. The number of fused-ring (bicyclic) bond motifs is 1. The molecule has 0 spiro atoms. The number of nitrogens with one attached hydrogen (secondary N) is 1. The number of rotatable bonds is 5. The lowest BCUT2D eigenvalue weighted by Crippen LogP contribution is -1.99. The molecule has 0 radical (unpaired) electrons. The third kappa shape index (κ3) is 3.06. The van der Waals surface area contributed by atoms with Gasteiger partial charge in [-0.2, -0.15) is 0 Å². The minimum atomic E-state index is 0.671. The molecule has 1 aromatic heterocycles. The SMILES string of the molecule is Cc1ccc(C)c2c(CCCCN)c(-c3c(Cl)cccc3Cl)[nH]c12. The van der Waals surface area contributed by atoms with Gasteiger partial charge in [0, 0.05) is 16.5 Å². The number of benzene rings is 2. The molecule has 0 aliphatic rings. The summed E-state index contributed by atoms with van der Waals surface area (Å²) in [7, 11) is 0. The monoisotopic (exact) mass is 360 g/mol. The molecule has 2 nitrogen and oxygen atoms in total. The maximum absolute atomic E-state index is 6.48. The van der Waals surface area contributed by atoms with Crippen molar-refractivity contribution in [3.05, 3.63) is 57.1 Å². The molecule has 24 heavy (non-hydrogen) atoms. The van der Waals surface area contributed by atoms with Crippen LogP contribution in [-0.2, 0) is 6.42 Å². The average molecular weight is 361 g/mol. The normalized spacial score (nSPS) is 11.4. The number of nitrogens with two attached hydrogens (primary N) is 1. The molecule has 126 valence electrons. The first-order valence-corrected chi connectivity index (χ1v) is 9.05. The second kappa shape index (κ2) is 7.18. The minimum Gasteiger partial charge on any atom is -0.354 e. The molecule has 0 saturated carbocycles. The van der Waals surface area contributed by atoms with Crippen molar-refractivity contribution in [3.63, 3.8) is 0 Å². The van der Waals surface area contributed by atoms with Crippen molar-refractivity contribution >= 4 is 34.1 Å². The Morgan fingerprint density at radius 2 is 1.62 bits per heavy atom. The summed E-state index contributed by atoms with van der Waals surface area (Å²) in [6.45, 7) is 4.99. The first kappa shape index (κ1) is 17.3. The highest BCUT2D eigenvalue weighted by molar-refractivity contribution is 6.39.